The topological polar surface area (TPSA) is 96.0 Å². The number of carbonyl (C=O) groups is 1. The number of hydrazone groups is 1. The van der Waals surface area contributed by atoms with Gasteiger partial charge in [-0.2, -0.15) is 23.3 Å². The molecular formula is C15H14F3N3O4. The number of aryl methyl sites for hydroxylation is 1. The molecule has 134 valence electrons. The van der Waals surface area contributed by atoms with Crippen LogP contribution in [-0.2, 0) is 0 Å². The minimum absolute atomic E-state index is 0.00897. The van der Waals surface area contributed by atoms with Gasteiger partial charge in [0.2, 0.25) is 0 Å². The summed E-state index contributed by atoms with van der Waals surface area (Å²) in [6, 6.07) is 3.32. The van der Waals surface area contributed by atoms with Crippen molar-refractivity contribution >= 4 is 17.3 Å². The molecule has 0 spiro atoms. The van der Waals surface area contributed by atoms with Gasteiger partial charge in [0, 0.05) is 29.3 Å². The molecule has 1 aromatic carbocycles. The molecule has 1 heterocycles. The minimum atomic E-state index is -5.11. The number of amides is 1. The van der Waals surface area contributed by atoms with Crippen LogP contribution in [0.1, 0.15) is 35.2 Å². The number of benzene rings is 1. The van der Waals surface area contributed by atoms with Crippen molar-refractivity contribution in [3.05, 3.63) is 39.4 Å². The van der Waals surface area contributed by atoms with E-state index in [0.717, 1.165) is 6.07 Å². The molecule has 1 aliphatic heterocycles. The van der Waals surface area contributed by atoms with Crippen molar-refractivity contribution in [2.75, 3.05) is 0 Å². The summed E-state index contributed by atoms with van der Waals surface area (Å²) in [7, 11) is 0. The number of nitro groups is 1. The maximum absolute atomic E-state index is 13.4. The van der Waals surface area contributed by atoms with E-state index in [1.807, 2.05) is 0 Å². The second-order valence-corrected chi connectivity index (χ2v) is 6.23. The average Bonchev–Trinajstić information content (AvgIpc) is 3.29. The van der Waals surface area contributed by atoms with Crippen LogP contribution in [0, 0.1) is 23.0 Å². The quantitative estimate of drug-likeness (QED) is 0.664. The summed E-state index contributed by atoms with van der Waals surface area (Å²) in [5.74, 6) is -1.40. The van der Waals surface area contributed by atoms with E-state index < -0.39 is 34.8 Å². The maximum atomic E-state index is 13.4. The van der Waals surface area contributed by atoms with E-state index in [-0.39, 0.29) is 27.8 Å². The lowest BCUT2D eigenvalue weighted by molar-refractivity contribution is -0.385. The van der Waals surface area contributed by atoms with Crippen molar-refractivity contribution in [2.45, 2.75) is 38.1 Å². The molecule has 7 nitrogen and oxygen atoms in total. The van der Waals surface area contributed by atoms with Crippen LogP contribution in [0.2, 0.25) is 0 Å². The lowest BCUT2D eigenvalue weighted by atomic mass is 10.0. The lowest BCUT2D eigenvalue weighted by Gasteiger charge is -2.32. The molecule has 1 N–H and O–H groups in total. The number of rotatable bonds is 3. The van der Waals surface area contributed by atoms with E-state index in [0.29, 0.717) is 12.8 Å². The first-order chi connectivity index (χ1) is 11.5. The molecule has 0 bridgehead atoms. The largest absolute Gasteiger partial charge is 0.438 e. The van der Waals surface area contributed by atoms with Gasteiger partial charge in [-0.3, -0.25) is 14.9 Å². The predicted molar refractivity (Wildman–Crippen MR) is 79.8 cm³/mol. The zero-order valence-corrected chi connectivity index (χ0v) is 13.1. The number of hydrogen-bond donors (Lipinski definition) is 1. The summed E-state index contributed by atoms with van der Waals surface area (Å²) in [4.78, 5) is 22.8. The minimum Gasteiger partial charge on any atom is -0.362 e. The number of halogens is 3. The van der Waals surface area contributed by atoms with Gasteiger partial charge in [0.15, 0.2) is 0 Å². The van der Waals surface area contributed by atoms with Crippen molar-refractivity contribution in [3.63, 3.8) is 0 Å². The summed E-state index contributed by atoms with van der Waals surface area (Å²) >= 11 is 0. The van der Waals surface area contributed by atoms with Gasteiger partial charge in [0.1, 0.15) is 0 Å². The summed E-state index contributed by atoms with van der Waals surface area (Å²) in [5, 5.41) is 24.8. The van der Waals surface area contributed by atoms with Crippen LogP contribution in [0.25, 0.3) is 0 Å². The Morgan fingerprint density at radius 3 is 2.60 bits per heavy atom. The fourth-order valence-electron chi connectivity index (χ4n) is 2.71. The van der Waals surface area contributed by atoms with Crippen molar-refractivity contribution in [1.82, 2.24) is 5.01 Å². The Labute approximate surface area is 139 Å². The van der Waals surface area contributed by atoms with Gasteiger partial charge in [0.05, 0.1) is 4.92 Å². The zero-order chi connectivity index (χ0) is 18.6. The van der Waals surface area contributed by atoms with Crippen LogP contribution in [0.3, 0.4) is 0 Å². The highest BCUT2D eigenvalue weighted by molar-refractivity contribution is 5.99. The Kier molecular flexibility index (Phi) is 3.82. The number of hydrogen-bond acceptors (Lipinski definition) is 5. The van der Waals surface area contributed by atoms with Crippen molar-refractivity contribution in [3.8, 4) is 0 Å². The van der Waals surface area contributed by atoms with E-state index in [1.54, 1.807) is 0 Å². The van der Waals surface area contributed by atoms with Crippen LogP contribution in [0.5, 0.6) is 0 Å². The first-order valence-electron chi connectivity index (χ1n) is 7.50. The van der Waals surface area contributed by atoms with Crippen molar-refractivity contribution in [2.24, 2.45) is 11.0 Å². The van der Waals surface area contributed by atoms with Gasteiger partial charge < -0.3 is 5.11 Å². The normalized spacial score (nSPS) is 23.6. The number of carbonyl (C=O) groups excluding carboxylic acids is 1. The Morgan fingerprint density at radius 2 is 2.08 bits per heavy atom. The van der Waals surface area contributed by atoms with E-state index in [1.165, 1.54) is 19.1 Å². The molecule has 0 saturated heterocycles. The zero-order valence-electron chi connectivity index (χ0n) is 13.1. The standard InChI is InChI=1S/C15H14F3N3O4/c1-8-2-3-10(6-12(8)21(24)25)13(22)20-14(23,15(16,17)18)7-11(19-20)9-4-5-9/h2-3,6,9,23H,4-5,7H2,1H3/t14-/m0/s1. The molecule has 25 heavy (non-hydrogen) atoms. The van der Waals surface area contributed by atoms with Crippen LogP contribution in [0.15, 0.2) is 23.3 Å². The maximum Gasteiger partial charge on any atom is 0.438 e. The lowest BCUT2D eigenvalue weighted by Crippen LogP contribution is -2.56. The molecule has 2 aliphatic rings. The number of nitrogens with zero attached hydrogens (tertiary/aromatic N) is 3. The van der Waals surface area contributed by atoms with Crippen LogP contribution >= 0.6 is 0 Å². The van der Waals surface area contributed by atoms with E-state index in [2.05, 4.69) is 5.10 Å². The summed E-state index contributed by atoms with van der Waals surface area (Å²) < 4.78 is 40.1. The van der Waals surface area contributed by atoms with Gasteiger partial charge in [-0.1, -0.05) is 6.07 Å². The first-order valence-corrected chi connectivity index (χ1v) is 7.50. The highest BCUT2D eigenvalue weighted by Crippen LogP contribution is 2.45. The van der Waals surface area contributed by atoms with Gasteiger partial charge in [0.25, 0.3) is 17.3 Å². The second-order valence-electron chi connectivity index (χ2n) is 6.23. The van der Waals surface area contributed by atoms with Crippen LogP contribution in [-0.4, -0.2) is 38.6 Å². The SMILES string of the molecule is Cc1ccc(C(=O)N2N=C(C3CC3)C[C@]2(O)C(F)(F)F)cc1[N+](=O)[O-]. The highest BCUT2D eigenvalue weighted by atomic mass is 19.4. The second kappa shape index (κ2) is 5.51. The molecule has 3 rings (SSSR count). The Bertz CT molecular complexity index is 789. The third-order valence-corrected chi connectivity index (χ3v) is 4.35. The predicted octanol–water partition coefficient (Wildman–Crippen LogP) is 2.77. The molecule has 0 radical (unpaired) electrons. The van der Waals surface area contributed by atoms with Crippen LogP contribution in [0.4, 0.5) is 18.9 Å². The van der Waals surface area contributed by atoms with Gasteiger partial charge in [-0.05, 0) is 31.7 Å². The van der Waals surface area contributed by atoms with E-state index in [4.69, 9.17) is 0 Å². The third-order valence-electron chi connectivity index (χ3n) is 4.35. The highest BCUT2D eigenvalue weighted by Gasteiger charge is 2.64. The third kappa shape index (κ3) is 2.86. The molecule has 1 fully saturated rings. The molecular weight excluding hydrogens is 343 g/mol. The number of alkyl halides is 3. The fourth-order valence-corrected chi connectivity index (χ4v) is 2.71. The van der Waals surface area contributed by atoms with Crippen molar-refractivity contribution in [1.29, 1.82) is 0 Å². The molecule has 1 amide bonds. The average molecular weight is 357 g/mol. The number of aliphatic hydroxyl groups is 1. The monoisotopic (exact) mass is 357 g/mol. The molecule has 1 atom stereocenters. The molecule has 1 saturated carbocycles. The first kappa shape index (κ1) is 17.3. The molecule has 10 heteroatoms. The molecule has 0 aromatic heterocycles. The summed E-state index contributed by atoms with van der Waals surface area (Å²) in [6.07, 6.45) is -4.60. The van der Waals surface area contributed by atoms with Crippen LogP contribution < -0.4 is 0 Å². The summed E-state index contributed by atoms with van der Waals surface area (Å²) in [5.41, 5.74) is -3.81. The Hall–Kier alpha value is -2.49. The van der Waals surface area contributed by atoms with Gasteiger partial charge in [-0.25, -0.2) is 0 Å². The fraction of sp³-hybridized carbons (Fsp3) is 0.467. The molecule has 1 aliphatic carbocycles. The number of nitro benzene ring substituents is 1. The van der Waals surface area contributed by atoms with Crippen molar-refractivity contribution < 1.29 is 28.0 Å². The van der Waals surface area contributed by atoms with Gasteiger partial charge >= 0.3 is 6.18 Å². The Balaban J connectivity index is 2.01. The molecule has 0 unspecified atom stereocenters. The smallest absolute Gasteiger partial charge is 0.362 e. The molecule has 1 aromatic rings. The summed E-state index contributed by atoms with van der Waals surface area (Å²) in [6.45, 7) is 1.44. The Morgan fingerprint density at radius 1 is 1.44 bits per heavy atom. The van der Waals surface area contributed by atoms with Gasteiger partial charge in [-0.15, -0.1) is 0 Å². The van der Waals surface area contributed by atoms with E-state index in [9.17, 15) is 33.2 Å². The van der Waals surface area contributed by atoms with E-state index >= 15 is 0 Å².